The number of carboxylic acid groups (broad SMARTS) is 1. The Labute approximate surface area is 248 Å². The highest BCUT2D eigenvalue weighted by atomic mass is 16.4. The van der Waals surface area contributed by atoms with Gasteiger partial charge in [0, 0.05) is 49.5 Å². The fraction of sp³-hybridized carbons (Fsp3) is 0.545. The smallest absolute Gasteiger partial charge is 0.335 e. The number of aromatic carboxylic acids is 1. The van der Waals surface area contributed by atoms with Crippen molar-refractivity contribution in [3.05, 3.63) is 59.2 Å². The van der Waals surface area contributed by atoms with Gasteiger partial charge < -0.3 is 30.0 Å². The van der Waals surface area contributed by atoms with Crippen LogP contribution in [0.25, 0.3) is 0 Å². The van der Waals surface area contributed by atoms with Gasteiger partial charge in [-0.05, 0) is 120 Å². The third-order valence-corrected chi connectivity index (χ3v) is 9.73. The quantitative estimate of drug-likeness (QED) is 0.503. The Morgan fingerprint density at radius 1 is 0.619 bits per heavy atom. The molecule has 2 N–H and O–H groups in total. The van der Waals surface area contributed by atoms with Gasteiger partial charge in [0.2, 0.25) is 0 Å². The van der Waals surface area contributed by atoms with E-state index in [0.717, 1.165) is 51.9 Å². The maximum Gasteiger partial charge on any atom is 0.335 e. The highest BCUT2D eigenvalue weighted by Crippen LogP contribution is 2.29. The van der Waals surface area contributed by atoms with Crippen molar-refractivity contribution in [1.29, 1.82) is 0 Å². The zero-order valence-corrected chi connectivity index (χ0v) is 24.5. The number of carboxylic acids is 1. The molecule has 42 heavy (non-hydrogen) atoms. The molecule has 2 amide bonds. The van der Waals surface area contributed by atoms with Gasteiger partial charge in [-0.2, -0.15) is 0 Å². The fourth-order valence-electron chi connectivity index (χ4n) is 7.25. The van der Waals surface area contributed by atoms with E-state index in [2.05, 4.69) is 15.1 Å². The van der Waals surface area contributed by atoms with Crippen molar-refractivity contribution in [1.82, 2.24) is 19.6 Å². The molecule has 9 nitrogen and oxygen atoms in total. The molecule has 2 aromatic rings. The Balaban J connectivity index is 1.19. The summed E-state index contributed by atoms with van der Waals surface area (Å²) in [5, 5.41) is 12.6. The number of rotatable bonds is 7. The summed E-state index contributed by atoms with van der Waals surface area (Å²) < 4.78 is 0. The van der Waals surface area contributed by atoms with Crippen LogP contribution in [0.2, 0.25) is 0 Å². The summed E-state index contributed by atoms with van der Waals surface area (Å²) in [6.45, 7) is 7.60. The van der Waals surface area contributed by atoms with Crippen LogP contribution in [-0.4, -0.2) is 107 Å². The number of nitrogens with zero attached hydrogens (tertiary/aromatic N) is 4. The number of hydrogen-bond donors (Lipinski definition) is 2. The van der Waals surface area contributed by atoms with Gasteiger partial charge in [0.1, 0.15) is 0 Å². The molecule has 0 spiro atoms. The number of anilines is 2. The molecular weight excluding hydrogens is 530 g/mol. The predicted octanol–water partition coefficient (Wildman–Crippen LogP) is 4.53. The molecule has 4 heterocycles. The first-order chi connectivity index (χ1) is 20.5. The van der Waals surface area contributed by atoms with E-state index in [1.54, 1.807) is 30.3 Å². The fourth-order valence-corrected chi connectivity index (χ4v) is 7.25. The lowest BCUT2D eigenvalue weighted by Gasteiger charge is -2.37. The van der Waals surface area contributed by atoms with Crippen LogP contribution < -0.4 is 5.32 Å². The third kappa shape index (κ3) is 6.32. The Kier molecular flexibility index (Phi) is 8.76. The highest BCUT2D eigenvalue weighted by Gasteiger charge is 2.31. The molecule has 0 bridgehead atoms. The summed E-state index contributed by atoms with van der Waals surface area (Å²) in [7, 11) is 0. The van der Waals surface area contributed by atoms with E-state index < -0.39 is 5.97 Å². The third-order valence-electron chi connectivity index (χ3n) is 9.73. The van der Waals surface area contributed by atoms with Gasteiger partial charge in [-0.25, -0.2) is 4.79 Å². The number of benzene rings is 2. The topological polar surface area (TPSA) is 96.4 Å². The maximum atomic E-state index is 13.8. The second-order valence-electron chi connectivity index (χ2n) is 12.3. The summed E-state index contributed by atoms with van der Waals surface area (Å²) in [6, 6.07) is 12.9. The Hall–Kier alpha value is -3.43. The number of likely N-dealkylation sites (tertiary alicyclic amines) is 4. The number of carbonyl (C=O) groups excluding carboxylic acids is 2. The molecule has 0 aliphatic carbocycles. The monoisotopic (exact) mass is 573 g/mol. The van der Waals surface area contributed by atoms with Crippen molar-refractivity contribution in [3.8, 4) is 0 Å². The minimum absolute atomic E-state index is 0.00965. The zero-order valence-electron chi connectivity index (χ0n) is 24.5. The molecule has 0 unspecified atom stereocenters. The first kappa shape index (κ1) is 28.7. The van der Waals surface area contributed by atoms with E-state index in [0.29, 0.717) is 34.6 Å². The van der Waals surface area contributed by atoms with Crippen molar-refractivity contribution in [2.24, 2.45) is 0 Å². The largest absolute Gasteiger partial charge is 0.478 e. The number of amides is 2. The van der Waals surface area contributed by atoms with Gasteiger partial charge >= 0.3 is 5.97 Å². The SMILES string of the molecule is O=C(O)c1ccc(Nc2cc(C(=O)N3CCC(N4CCCC4)CC3)ccc2C(=O)N2CCC(N3CCCC3)CC2)cc1. The minimum Gasteiger partial charge on any atom is -0.478 e. The normalized spacial score (nSPS) is 21.1. The molecule has 4 fully saturated rings. The molecule has 0 atom stereocenters. The number of carbonyl (C=O) groups is 3. The Morgan fingerprint density at radius 2 is 1.10 bits per heavy atom. The molecular formula is C33H43N5O4. The van der Waals surface area contributed by atoms with Gasteiger partial charge in [-0.3, -0.25) is 9.59 Å². The van der Waals surface area contributed by atoms with Crippen molar-refractivity contribution < 1.29 is 19.5 Å². The zero-order chi connectivity index (χ0) is 29.1. The molecule has 4 aliphatic rings. The number of piperidine rings is 2. The maximum absolute atomic E-state index is 13.8. The first-order valence-corrected chi connectivity index (χ1v) is 15.8. The van der Waals surface area contributed by atoms with Crippen molar-refractivity contribution >= 4 is 29.2 Å². The lowest BCUT2D eigenvalue weighted by Crippen LogP contribution is -2.46. The number of hydrogen-bond acceptors (Lipinski definition) is 6. The standard InChI is InChI=1S/C33H43N5O4/c39-31(37-19-11-27(12-20-37)35-15-1-2-16-35)25-7-10-29(30(23-25)34-26-8-5-24(6-9-26)33(41)42)32(40)38-21-13-28(14-22-38)36-17-3-4-18-36/h5-10,23,27-28,34H,1-4,11-22H2,(H,41,42). The van der Waals surface area contributed by atoms with Crippen molar-refractivity contribution in [2.75, 3.05) is 57.7 Å². The molecule has 4 aliphatic heterocycles. The van der Waals surface area contributed by atoms with Crippen LogP contribution in [0.1, 0.15) is 82.4 Å². The van der Waals surface area contributed by atoms with Gasteiger partial charge in [0.15, 0.2) is 0 Å². The Morgan fingerprint density at radius 3 is 1.60 bits per heavy atom. The average molecular weight is 574 g/mol. The van der Waals surface area contributed by atoms with E-state index in [1.807, 2.05) is 9.80 Å². The van der Waals surface area contributed by atoms with Crippen LogP contribution in [0.3, 0.4) is 0 Å². The molecule has 0 aromatic heterocycles. The highest BCUT2D eigenvalue weighted by molar-refractivity contribution is 6.03. The van der Waals surface area contributed by atoms with Crippen LogP contribution in [0, 0.1) is 0 Å². The number of nitrogens with one attached hydrogen (secondary N) is 1. The lowest BCUT2D eigenvalue weighted by molar-refractivity contribution is 0.0633. The molecule has 4 saturated heterocycles. The molecule has 0 saturated carbocycles. The second kappa shape index (κ2) is 12.8. The van der Waals surface area contributed by atoms with Crippen LogP contribution in [0.5, 0.6) is 0 Å². The van der Waals surface area contributed by atoms with Gasteiger partial charge in [0.05, 0.1) is 16.8 Å². The van der Waals surface area contributed by atoms with Crippen LogP contribution in [0.15, 0.2) is 42.5 Å². The van der Waals surface area contributed by atoms with E-state index in [-0.39, 0.29) is 17.4 Å². The molecule has 6 rings (SSSR count). The molecule has 2 aromatic carbocycles. The van der Waals surface area contributed by atoms with Gasteiger partial charge in [-0.1, -0.05) is 0 Å². The minimum atomic E-state index is -0.990. The summed E-state index contributed by atoms with van der Waals surface area (Å²) in [5.74, 6) is -1.04. The van der Waals surface area contributed by atoms with Crippen LogP contribution in [-0.2, 0) is 0 Å². The van der Waals surface area contributed by atoms with Crippen LogP contribution in [0.4, 0.5) is 11.4 Å². The van der Waals surface area contributed by atoms with E-state index >= 15 is 0 Å². The van der Waals surface area contributed by atoms with E-state index in [9.17, 15) is 19.5 Å². The van der Waals surface area contributed by atoms with E-state index in [1.165, 1.54) is 64.0 Å². The van der Waals surface area contributed by atoms with Gasteiger partial charge in [0.25, 0.3) is 11.8 Å². The molecule has 0 radical (unpaired) electrons. The molecule has 9 heteroatoms. The summed E-state index contributed by atoms with van der Waals surface area (Å²) >= 11 is 0. The second-order valence-corrected chi connectivity index (χ2v) is 12.3. The summed E-state index contributed by atoms with van der Waals surface area (Å²) in [5.41, 5.74) is 2.52. The average Bonchev–Trinajstić information content (AvgIpc) is 3.77. The van der Waals surface area contributed by atoms with Gasteiger partial charge in [-0.15, -0.1) is 0 Å². The first-order valence-electron chi connectivity index (χ1n) is 15.8. The van der Waals surface area contributed by atoms with Crippen molar-refractivity contribution in [2.45, 2.75) is 63.5 Å². The Bertz CT molecular complexity index is 1270. The molecule has 224 valence electrons. The van der Waals surface area contributed by atoms with Crippen LogP contribution >= 0.6 is 0 Å². The lowest BCUT2D eigenvalue weighted by atomic mass is 10.00. The van der Waals surface area contributed by atoms with E-state index in [4.69, 9.17) is 0 Å². The van der Waals surface area contributed by atoms with Crippen molar-refractivity contribution in [3.63, 3.8) is 0 Å². The summed E-state index contributed by atoms with van der Waals surface area (Å²) in [4.78, 5) is 47.8. The summed E-state index contributed by atoms with van der Waals surface area (Å²) in [6.07, 6.45) is 9.04. The predicted molar refractivity (Wildman–Crippen MR) is 163 cm³/mol.